The molecule has 0 unspecified atom stereocenters. The summed E-state index contributed by atoms with van der Waals surface area (Å²) in [6.45, 7) is 0. The van der Waals surface area contributed by atoms with Gasteiger partial charge in [0.25, 0.3) is 0 Å². The van der Waals surface area contributed by atoms with Crippen molar-refractivity contribution in [3.05, 3.63) is 24.3 Å². The maximum absolute atomic E-state index is 6.63. The number of methoxy groups -OCH3 is 1. The van der Waals surface area contributed by atoms with Gasteiger partial charge in [-0.1, -0.05) is 12.1 Å². The third-order valence-electron chi connectivity index (χ3n) is 1.33. The Kier molecular flexibility index (Phi) is 2.95. The van der Waals surface area contributed by atoms with Gasteiger partial charge in [0.2, 0.25) is 6.40 Å². The molecule has 4 nitrogen and oxygen atoms in total. The molecule has 2 N–H and O–H groups in total. The summed E-state index contributed by atoms with van der Waals surface area (Å²) in [6, 6.07) is 7.30. The second kappa shape index (κ2) is 4.23. The van der Waals surface area contributed by atoms with Crippen molar-refractivity contribution in [1.82, 2.24) is 0 Å². The van der Waals surface area contributed by atoms with Crippen LogP contribution in [0, 0.1) is 5.41 Å². The van der Waals surface area contributed by atoms with Crippen LogP contribution in [0.1, 0.15) is 0 Å². The van der Waals surface area contributed by atoms with Gasteiger partial charge in [-0.15, -0.1) is 0 Å². The lowest BCUT2D eigenvalue weighted by Crippen LogP contribution is -1.99. The third kappa shape index (κ3) is 1.88. The summed E-state index contributed by atoms with van der Waals surface area (Å²) in [7, 11) is 1.57. The van der Waals surface area contributed by atoms with Crippen molar-refractivity contribution in [2.45, 2.75) is 0 Å². The van der Waals surface area contributed by atoms with Gasteiger partial charge in [0.1, 0.15) is 11.4 Å². The molecule has 0 atom stereocenters. The van der Waals surface area contributed by atoms with Crippen LogP contribution in [-0.2, 0) is 4.84 Å². The minimum absolute atomic E-state index is 0.680. The molecule has 1 aromatic rings. The SMILES string of the molecule is COc1ccccc1NOC=N. The number of rotatable bonds is 4. The lowest BCUT2D eigenvalue weighted by atomic mass is 10.3. The molecule has 0 aliphatic rings. The number of benzene rings is 1. The molecule has 1 rings (SSSR count). The predicted molar refractivity (Wildman–Crippen MR) is 46.5 cm³/mol. The van der Waals surface area contributed by atoms with Crippen LogP contribution >= 0.6 is 0 Å². The Morgan fingerprint density at radius 3 is 2.83 bits per heavy atom. The highest BCUT2D eigenvalue weighted by Crippen LogP contribution is 2.22. The quantitative estimate of drug-likeness (QED) is 0.406. The highest BCUT2D eigenvalue weighted by atomic mass is 16.6. The summed E-state index contributed by atoms with van der Waals surface area (Å²) in [6.07, 6.45) is 0.812. The van der Waals surface area contributed by atoms with Crippen molar-refractivity contribution in [1.29, 1.82) is 5.41 Å². The molecule has 1 aromatic carbocycles. The fraction of sp³-hybridized carbons (Fsp3) is 0.125. The predicted octanol–water partition coefficient (Wildman–Crippen LogP) is 1.65. The monoisotopic (exact) mass is 166 g/mol. The number of anilines is 1. The van der Waals surface area contributed by atoms with E-state index in [1.165, 1.54) is 0 Å². The summed E-state index contributed by atoms with van der Waals surface area (Å²) < 4.78 is 5.02. The first-order valence-corrected chi connectivity index (χ1v) is 3.42. The first kappa shape index (κ1) is 8.39. The third-order valence-corrected chi connectivity index (χ3v) is 1.33. The smallest absolute Gasteiger partial charge is 0.201 e. The Bertz CT molecular complexity index is 263. The van der Waals surface area contributed by atoms with Gasteiger partial charge >= 0.3 is 0 Å². The van der Waals surface area contributed by atoms with Crippen molar-refractivity contribution >= 4 is 12.1 Å². The molecule has 0 spiro atoms. The molecule has 0 aliphatic carbocycles. The molecule has 0 aromatic heterocycles. The van der Waals surface area contributed by atoms with Crippen LogP contribution < -0.4 is 10.2 Å². The van der Waals surface area contributed by atoms with Crippen LogP contribution in [0.3, 0.4) is 0 Å². The Labute approximate surface area is 70.6 Å². The Morgan fingerprint density at radius 1 is 1.42 bits per heavy atom. The first-order valence-electron chi connectivity index (χ1n) is 3.42. The van der Waals surface area contributed by atoms with E-state index in [-0.39, 0.29) is 0 Å². The zero-order valence-electron chi connectivity index (χ0n) is 6.70. The van der Waals surface area contributed by atoms with Gasteiger partial charge in [0.15, 0.2) is 0 Å². The number of para-hydroxylation sites is 2. The number of hydrogen-bond donors (Lipinski definition) is 2. The molecular weight excluding hydrogens is 156 g/mol. The van der Waals surface area contributed by atoms with Crippen LogP contribution in [0.5, 0.6) is 5.75 Å². The van der Waals surface area contributed by atoms with Gasteiger partial charge in [0, 0.05) is 0 Å². The van der Waals surface area contributed by atoms with Crippen molar-refractivity contribution < 1.29 is 9.57 Å². The van der Waals surface area contributed by atoms with E-state index < -0.39 is 0 Å². The highest BCUT2D eigenvalue weighted by Gasteiger charge is 1.98. The standard InChI is InChI=1S/C8H10N2O2/c1-11-8-5-3-2-4-7(8)10-12-6-9/h2-6,9-10H,1H3. The normalized spacial score (nSPS) is 8.75. The van der Waals surface area contributed by atoms with Gasteiger partial charge in [0.05, 0.1) is 7.11 Å². The number of hydrogen-bond acceptors (Lipinski definition) is 4. The van der Waals surface area contributed by atoms with Gasteiger partial charge in [-0.2, -0.15) is 0 Å². The molecule has 0 fully saturated rings. The topological polar surface area (TPSA) is 54.3 Å². The molecular formula is C8H10N2O2. The van der Waals surface area contributed by atoms with Crippen molar-refractivity contribution in [3.63, 3.8) is 0 Å². The zero-order chi connectivity index (χ0) is 8.81. The van der Waals surface area contributed by atoms with E-state index in [0.717, 1.165) is 6.40 Å². The van der Waals surface area contributed by atoms with E-state index in [2.05, 4.69) is 10.3 Å². The summed E-state index contributed by atoms with van der Waals surface area (Å²) in [5, 5.41) is 6.63. The number of nitrogens with one attached hydrogen (secondary N) is 2. The van der Waals surface area contributed by atoms with Crippen LogP contribution in [0.25, 0.3) is 0 Å². The van der Waals surface area contributed by atoms with Crippen LogP contribution in [0.2, 0.25) is 0 Å². The van der Waals surface area contributed by atoms with Crippen molar-refractivity contribution in [3.8, 4) is 5.75 Å². The molecule has 0 aliphatic heterocycles. The van der Waals surface area contributed by atoms with Crippen molar-refractivity contribution in [2.24, 2.45) is 0 Å². The molecule has 0 bridgehead atoms. The molecule has 0 heterocycles. The lowest BCUT2D eigenvalue weighted by molar-refractivity contribution is 0.387. The van der Waals surface area contributed by atoms with Gasteiger partial charge < -0.3 is 9.57 Å². The van der Waals surface area contributed by atoms with E-state index in [4.69, 9.17) is 10.1 Å². The van der Waals surface area contributed by atoms with Crippen molar-refractivity contribution in [2.75, 3.05) is 12.6 Å². The maximum atomic E-state index is 6.63. The zero-order valence-corrected chi connectivity index (χ0v) is 6.70. The summed E-state index contributed by atoms with van der Waals surface area (Å²) >= 11 is 0. The molecule has 0 saturated carbocycles. The molecule has 0 saturated heterocycles. The maximum Gasteiger partial charge on any atom is 0.201 e. The average Bonchev–Trinajstić information content (AvgIpc) is 2.15. The second-order valence-electron chi connectivity index (χ2n) is 2.04. The molecule has 0 amide bonds. The fourth-order valence-electron chi connectivity index (χ4n) is 0.822. The molecule has 64 valence electrons. The minimum atomic E-state index is 0.680. The molecule has 12 heavy (non-hydrogen) atoms. The summed E-state index contributed by atoms with van der Waals surface area (Å²) in [5.41, 5.74) is 3.24. The largest absolute Gasteiger partial charge is 0.494 e. The minimum Gasteiger partial charge on any atom is -0.494 e. The summed E-state index contributed by atoms with van der Waals surface area (Å²) in [5.74, 6) is 0.680. The van der Waals surface area contributed by atoms with E-state index in [1.807, 2.05) is 12.1 Å². The highest BCUT2D eigenvalue weighted by molar-refractivity contribution is 5.56. The first-order chi connectivity index (χ1) is 5.88. The van der Waals surface area contributed by atoms with E-state index in [1.54, 1.807) is 19.2 Å². The molecule has 4 heteroatoms. The summed E-state index contributed by atoms with van der Waals surface area (Å²) in [4.78, 5) is 4.57. The van der Waals surface area contributed by atoms with Gasteiger partial charge in [-0.25, -0.2) is 5.48 Å². The average molecular weight is 166 g/mol. The van der Waals surface area contributed by atoms with E-state index >= 15 is 0 Å². The van der Waals surface area contributed by atoms with Crippen LogP contribution in [0.15, 0.2) is 24.3 Å². The van der Waals surface area contributed by atoms with Crippen LogP contribution in [0.4, 0.5) is 5.69 Å². The fourth-order valence-corrected chi connectivity index (χ4v) is 0.822. The lowest BCUT2D eigenvalue weighted by Gasteiger charge is -2.07. The second-order valence-corrected chi connectivity index (χ2v) is 2.04. The van der Waals surface area contributed by atoms with Gasteiger partial charge in [-0.05, 0) is 12.1 Å². The van der Waals surface area contributed by atoms with E-state index in [0.29, 0.717) is 11.4 Å². The van der Waals surface area contributed by atoms with E-state index in [9.17, 15) is 0 Å². The Hall–Kier alpha value is -1.71. The molecule has 0 radical (unpaired) electrons. The Morgan fingerprint density at radius 2 is 2.17 bits per heavy atom. The van der Waals surface area contributed by atoms with Crippen LogP contribution in [-0.4, -0.2) is 13.5 Å². The Balaban J connectivity index is 2.74. The number of ether oxygens (including phenoxy) is 1. The van der Waals surface area contributed by atoms with Gasteiger partial charge in [-0.3, -0.25) is 5.41 Å².